The SMILES string of the molecule is Cc1nn(CC(=O)NCC2CCN(C)C2)c(C)c1N. The van der Waals surface area contributed by atoms with Gasteiger partial charge in [-0.05, 0) is 39.8 Å². The van der Waals surface area contributed by atoms with Gasteiger partial charge in [-0.3, -0.25) is 9.48 Å². The van der Waals surface area contributed by atoms with Gasteiger partial charge in [-0.2, -0.15) is 5.10 Å². The van der Waals surface area contributed by atoms with Gasteiger partial charge in [-0.1, -0.05) is 0 Å². The molecule has 1 unspecified atom stereocenters. The van der Waals surface area contributed by atoms with Crippen LogP contribution < -0.4 is 11.1 Å². The highest BCUT2D eigenvalue weighted by molar-refractivity contribution is 5.75. The van der Waals surface area contributed by atoms with Gasteiger partial charge in [0, 0.05) is 13.1 Å². The van der Waals surface area contributed by atoms with E-state index in [0.717, 1.165) is 37.4 Å². The van der Waals surface area contributed by atoms with Crippen LogP contribution in [0.15, 0.2) is 0 Å². The van der Waals surface area contributed by atoms with Gasteiger partial charge >= 0.3 is 0 Å². The van der Waals surface area contributed by atoms with E-state index < -0.39 is 0 Å². The van der Waals surface area contributed by atoms with Crippen molar-refractivity contribution >= 4 is 11.6 Å². The maximum Gasteiger partial charge on any atom is 0.241 e. The lowest BCUT2D eigenvalue weighted by Gasteiger charge is -2.12. The number of aryl methyl sites for hydroxylation is 1. The third-order valence-electron chi connectivity index (χ3n) is 3.81. The Hall–Kier alpha value is -1.56. The number of carbonyl (C=O) groups excluding carboxylic acids is 1. The molecule has 2 heterocycles. The number of amides is 1. The van der Waals surface area contributed by atoms with Gasteiger partial charge in [0.05, 0.1) is 17.1 Å². The highest BCUT2D eigenvalue weighted by Crippen LogP contribution is 2.15. The molecule has 0 aliphatic carbocycles. The van der Waals surface area contributed by atoms with Crippen molar-refractivity contribution in [2.24, 2.45) is 5.92 Å². The topological polar surface area (TPSA) is 76.2 Å². The Bertz CT molecular complexity index is 468. The monoisotopic (exact) mass is 265 g/mol. The van der Waals surface area contributed by atoms with Gasteiger partial charge in [0.2, 0.25) is 5.91 Å². The van der Waals surface area contributed by atoms with Gasteiger partial charge < -0.3 is 16.0 Å². The number of hydrogen-bond donors (Lipinski definition) is 2. The van der Waals surface area contributed by atoms with Gasteiger partial charge in [0.25, 0.3) is 0 Å². The van der Waals surface area contributed by atoms with E-state index in [1.165, 1.54) is 0 Å². The van der Waals surface area contributed by atoms with E-state index in [0.29, 0.717) is 11.6 Å². The average Bonchev–Trinajstić information content (AvgIpc) is 2.88. The van der Waals surface area contributed by atoms with Crippen molar-refractivity contribution in [3.05, 3.63) is 11.4 Å². The summed E-state index contributed by atoms with van der Waals surface area (Å²) in [5, 5.41) is 7.25. The van der Waals surface area contributed by atoms with Crippen LogP contribution in [0, 0.1) is 19.8 Å². The summed E-state index contributed by atoms with van der Waals surface area (Å²) in [6.07, 6.45) is 1.16. The molecule has 19 heavy (non-hydrogen) atoms. The number of aromatic nitrogens is 2. The van der Waals surface area contributed by atoms with Crippen LogP contribution in [0.25, 0.3) is 0 Å². The van der Waals surface area contributed by atoms with E-state index in [1.807, 2.05) is 13.8 Å². The molecule has 6 heteroatoms. The number of nitrogens with two attached hydrogens (primary N) is 1. The van der Waals surface area contributed by atoms with Crippen molar-refractivity contribution in [2.45, 2.75) is 26.8 Å². The van der Waals surface area contributed by atoms with Crippen molar-refractivity contribution in [1.29, 1.82) is 0 Å². The number of anilines is 1. The van der Waals surface area contributed by atoms with Crippen LogP contribution in [0.4, 0.5) is 5.69 Å². The van der Waals surface area contributed by atoms with Crippen LogP contribution in [-0.2, 0) is 11.3 Å². The molecule has 1 aliphatic rings. The lowest BCUT2D eigenvalue weighted by atomic mass is 10.1. The zero-order valence-electron chi connectivity index (χ0n) is 11.9. The quantitative estimate of drug-likeness (QED) is 0.812. The zero-order chi connectivity index (χ0) is 14.0. The standard InChI is InChI=1S/C13H23N5O/c1-9-13(14)10(2)18(16-9)8-12(19)15-6-11-4-5-17(3)7-11/h11H,4-8,14H2,1-3H3,(H,15,19). The number of likely N-dealkylation sites (tertiary alicyclic amines) is 1. The Kier molecular flexibility index (Phi) is 4.09. The number of nitrogens with one attached hydrogen (secondary N) is 1. The van der Waals surface area contributed by atoms with E-state index in [9.17, 15) is 4.79 Å². The first-order valence-corrected chi connectivity index (χ1v) is 6.72. The molecular weight excluding hydrogens is 242 g/mol. The van der Waals surface area contributed by atoms with E-state index in [2.05, 4.69) is 22.4 Å². The summed E-state index contributed by atoms with van der Waals surface area (Å²) in [4.78, 5) is 14.2. The lowest BCUT2D eigenvalue weighted by molar-refractivity contribution is -0.122. The summed E-state index contributed by atoms with van der Waals surface area (Å²) >= 11 is 0. The molecule has 0 radical (unpaired) electrons. The molecule has 0 spiro atoms. The van der Waals surface area contributed by atoms with Crippen molar-refractivity contribution < 1.29 is 4.79 Å². The highest BCUT2D eigenvalue weighted by Gasteiger charge is 2.20. The van der Waals surface area contributed by atoms with Crippen molar-refractivity contribution in [3.63, 3.8) is 0 Å². The van der Waals surface area contributed by atoms with Gasteiger partial charge in [-0.25, -0.2) is 0 Å². The minimum atomic E-state index is 0.000142. The third-order valence-corrected chi connectivity index (χ3v) is 3.81. The minimum Gasteiger partial charge on any atom is -0.396 e. The Morgan fingerprint density at radius 1 is 1.53 bits per heavy atom. The maximum atomic E-state index is 11.9. The molecule has 1 aromatic rings. The second kappa shape index (κ2) is 5.61. The van der Waals surface area contributed by atoms with Crippen molar-refractivity contribution in [1.82, 2.24) is 20.0 Å². The van der Waals surface area contributed by atoms with Crippen LogP contribution in [0.3, 0.4) is 0 Å². The van der Waals surface area contributed by atoms with Gasteiger partial charge in [0.1, 0.15) is 6.54 Å². The fourth-order valence-electron chi connectivity index (χ4n) is 2.51. The zero-order valence-corrected chi connectivity index (χ0v) is 11.9. The Morgan fingerprint density at radius 3 is 2.79 bits per heavy atom. The summed E-state index contributed by atoms with van der Waals surface area (Å²) in [7, 11) is 2.11. The number of rotatable bonds is 4. The van der Waals surface area contributed by atoms with E-state index in [-0.39, 0.29) is 12.5 Å². The molecule has 0 saturated carbocycles. The van der Waals surface area contributed by atoms with Crippen molar-refractivity contribution in [3.8, 4) is 0 Å². The minimum absolute atomic E-state index is 0.000142. The first-order chi connectivity index (χ1) is 8.97. The molecule has 106 valence electrons. The molecule has 0 aromatic carbocycles. The first kappa shape index (κ1) is 13.9. The molecule has 1 saturated heterocycles. The fourth-order valence-corrected chi connectivity index (χ4v) is 2.51. The van der Waals surface area contributed by atoms with E-state index in [4.69, 9.17) is 5.73 Å². The van der Waals surface area contributed by atoms with Crippen LogP contribution in [0.1, 0.15) is 17.8 Å². The Morgan fingerprint density at radius 2 is 2.26 bits per heavy atom. The lowest BCUT2D eigenvalue weighted by Crippen LogP contribution is -2.33. The predicted molar refractivity (Wildman–Crippen MR) is 74.7 cm³/mol. The van der Waals surface area contributed by atoms with Crippen LogP contribution in [0.5, 0.6) is 0 Å². The summed E-state index contributed by atoms with van der Waals surface area (Å²) < 4.78 is 1.67. The normalized spacial score (nSPS) is 19.8. The summed E-state index contributed by atoms with van der Waals surface area (Å²) in [5.41, 5.74) is 8.15. The molecule has 2 rings (SSSR count). The molecule has 1 aromatic heterocycles. The smallest absolute Gasteiger partial charge is 0.241 e. The Balaban J connectivity index is 1.82. The summed E-state index contributed by atoms with van der Waals surface area (Å²) in [5.74, 6) is 0.569. The first-order valence-electron chi connectivity index (χ1n) is 6.72. The fraction of sp³-hybridized carbons (Fsp3) is 0.692. The van der Waals surface area contributed by atoms with Gasteiger partial charge in [0.15, 0.2) is 0 Å². The second-order valence-corrected chi connectivity index (χ2v) is 5.46. The van der Waals surface area contributed by atoms with Crippen molar-refractivity contribution in [2.75, 3.05) is 32.4 Å². The number of hydrogen-bond acceptors (Lipinski definition) is 4. The molecular formula is C13H23N5O. The number of nitrogen functional groups attached to an aromatic ring is 1. The molecule has 1 aliphatic heterocycles. The van der Waals surface area contributed by atoms with Crippen LogP contribution >= 0.6 is 0 Å². The highest BCUT2D eigenvalue weighted by atomic mass is 16.2. The molecule has 0 bridgehead atoms. The number of carbonyl (C=O) groups is 1. The van der Waals surface area contributed by atoms with Gasteiger partial charge in [-0.15, -0.1) is 0 Å². The van der Waals surface area contributed by atoms with Crippen LogP contribution in [0.2, 0.25) is 0 Å². The summed E-state index contributed by atoms with van der Waals surface area (Å²) in [6.45, 7) is 6.91. The predicted octanol–water partition coefficient (Wildman–Crippen LogP) is 0.150. The van der Waals surface area contributed by atoms with Crippen LogP contribution in [-0.4, -0.2) is 47.3 Å². The summed E-state index contributed by atoms with van der Waals surface area (Å²) in [6, 6.07) is 0. The van der Waals surface area contributed by atoms with E-state index in [1.54, 1.807) is 4.68 Å². The molecule has 3 N–H and O–H groups in total. The third kappa shape index (κ3) is 3.26. The molecule has 6 nitrogen and oxygen atoms in total. The number of nitrogens with zero attached hydrogens (tertiary/aromatic N) is 3. The maximum absolute atomic E-state index is 11.9. The van der Waals surface area contributed by atoms with E-state index >= 15 is 0 Å². The second-order valence-electron chi connectivity index (χ2n) is 5.46. The average molecular weight is 265 g/mol. The molecule has 1 amide bonds. The molecule has 1 fully saturated rings. The Labute approximate surface area is 113 Å². The largest absolute Gasteiger partial charge is 0.396 e. The molecule has 1 atom stereocenters.